The number of aromatic hydroxyl groups is 1. The fourth-order valence-electron chi connectivity index (χ4n) is 4.85. The molecule has 4 heterocycles. The van der Waals surface area contributed by atoms with Gasteiger partial charge in [-0.05, 0) is 52.0 Å². The Morgan fingerprint density at radius 1 is 1.19 bits per heavy atom. The lowest BCUT2D eigenvalue weighted by molar-refractivity contribution is -0.305. The number of esters is 1. The lowest BCUT2D eigenvalue weighted by atomic mass is 9.89. The number of fused-ring (bicyclic) bond motifs is 1. The van der Waals surface area contributed by atoms with Crippen LogP contribution < -0.4 is 15.7 Å². The number of methoxy groups -OCH3 is 1. The molecule has 0 bridgehead atoms. The third-order valence-electron chi connectivity index (χ3n) is 6.96. The highest BCUT2D eigenvalue weighted by molar-refractivity contribution is 7.07. The van der Waals surface area contributed by atoms with Crippen molar-refractivity contribution < 1.29 is 43.2 Å². The van der Waals surface area contributed by atoms with Crippen LogP contribution in [0.5, 0.6) is 11.5 Å². The molecule has 1 saturated heterocycles. The molecule has 4 N–H and O–H groups in total. The molecule has 1 aromatic carbocycles. The zero-order chi connectivity index (χ0) is 30.3. The van der Waals surface area contributed by atoms with Crippen LogP contribution in [0.25, 0.3) is 11.0 Å². The molecule has 0 spiro atoms. The first-order valence-corrected chi connectivity index (χ1v) is 13.8. The topological polar surface area (TPSA) is 182 Å². The summed E-state index contributed by atoms with van der Waals surface area (Å²) in [4.78, 5) is 44.8. The number of aromatic nitrogens is 2. The minimum Gasteiger partial charge on any atom is -0.505 e. The van der Waals surface area contributed by atoms with Gasteiger partial charge in [-0.25, -0.2) is 14.6 Å². The predicted molar refractivity (Wildman–Crippen MR) is 150 cm³/mol. The van der Waals surface area contributed by atoms with E-state index in [1.54, 1.807) is 39.8 Å². The van der Waals surface area contributed by atoms with Crippen molar-refractivity contribution in [1.29, 1.82) is 0 Å². The third kappa shape index (κ3) is 5.36. The van der Waals surface area contributed by atoms with E-state index in [1.807, 2.05) is 0 Å². The molecule has 0 saturated carbocycles. The number of ether oxygens (including phenoxy) is 4. The van der Waals surface area contributed by atoms with Gasteiger partial charge in [-0.2, -0.15) is 0 Å². The Balaban J connectivity index is 1.43. The quantitative estimate of drug-likeness (QED) is 0.181. The van der Waals surface area contributed by atoms with Crippen LogP contribution in [-0.4, -0.2) is 69.4 Å². The van der Waals surface area contributed by atoms with Crippen LogP contribution in [0.15, 0.2) is 44.4 Å². The number of H-pyrrole nitrogens is 1. The monoisotopic (exact) mass is 599 g/mol. The fraction of sp³-hybridized carbons (Fsp3) is 0.357. The first-order chi connectivity index (χ1) is 19.9. The van der Waals surface area contributed by atoms with Crippen LogP contribution in [-0.2, 0) is 14.2 Å². The molecule has 5 rings (SSSR count). The summed E-state index contributed by atoms with van der Waals surface area (Å²) in [5.41, 5.74) is 0.298. The molecule has 13 nitrogen and oxygen atoms in total. The van der Waals surface area contributed by atoms with Gasteiger partial charge in [0, 0.05) is 23.7 Å². The van der Waals surface area contributed by atoms with E-state index >= 15 is 0 Å². The van der Waals surface area contributed by atoms with Crippen molar-refractivity contribution in [1.82, 2.24) is 9.97 Å². The molecule has 0 unspecified atom stereocenters. The molecule has 42 heavy (non-hydrogen) atoms. The van der Waals surface area contributed by atoms with Crippen LogP contribution in [0.1, 0.15) is 46.1 Å². The standard InChI is InChI=1S/C28H29N3O10S/c1-12-6-8-15(30-12)25(35)40-22-20(33)27(41-28(3,4)23(22)37-5)38-17-9-7-14-19(32)18(26(36)39-21(14)13(17)2)31-24(34)16-10-42-11-29-16/h6-11,20,22-23,27,30,32-33H,1-5H3,(H,31,34)/t20-,22+,23-,27-/m1/s1. The Kier molecular flexibility index (Phi) is 7.81. The highest BCUT2D eigenvalue weighted by Crippen LogP contribution is 2.38. The Labute approximate surface area is 243 Å². The van der Waals surface area contributed by atoms with Gasteiger partial charge in [-0.3, -0.25) is 4.79 Å². The van der Waals surface area contributed by atoms with Crippen LogP contribution >= 0.6 is 11.3 Å². The lowest BCUT2D eigenvalue weighted by Crippen LogP contribution is -2.65. The zero-order valence-corrected chi connectivity index (χ0v) is 24.1. The predicted octanol–water partition coefficient (Wildman–Crippen LogP) is 3.27. The molecule has 4 atom stereocenters. The number of aliphatic hydroxyl groups is 1. The second-order valence-electron chi connectivity index (χ2n) is 10.3. The van der Waals surface area contributed by atoms with Crippen molar-refractivity contribution in [3.63, 3.8) is 0 Å². The van der Waals surface area contributed by atoms with E-state index < -0.39 is 59.1 Å². The first-order valence-electron chi connectivity index (χ1n) is 12.8. The van der Waals surface area contributed by atoms with Crippen molar-refractivity contribution in [3.8, 4) is 11.5 Å². The maximum atomic E-state index is 12.8. The highest BCUT2D eigenvalue weighted by atomic mass is 32.1. The van der Waals surface area contributed by atoms with Crippen LogP contribution in [0.4, 0.5) is 5.69 Å². The van der Waals surface area contributed by atoms with Crippen molar-refractivity contribution in [2.75, 3.05) is 12.4 Å². The van der Waals surface area contributed by atoms with Gasteiger partial charge in [-0.1, -0.05) is 0 Å². The van der Waals surface area contributed by atoms with Crippen molar-refractivity contribution in [2.24, 2.45) is 0 Å². The Morgan fingerprint density at radius 3 is 2.60 bits per heavy atom. The Morgan fingerprint density at radius 2 is 1.95 bits per heavy atom. The summed E-state index contributed by atoms with van der Waals surface area (Å²) in [6, 6.07) is 6.20. The van der Waals surface area contributed by atoms with E-state index in [0.717, 1.165) is 5.69 Å². The molecular weight excluding hydrogens is 570 g/mol. The van der Waals surface area contributed by atoms with Crippen LogP contribution in [0.2, 0.25) is 0 Å². The molecule has 0 radical (unpaired) electrons. The SMILES string of the molecule is CO[C@@H]1[C@@H](OC(=O)c2ccc(C)[nH]2)[C@@H](O)[C@H](Oc2ccc3c(O)c(NC(=O)c4cscn4)c(=O)oc3c2C)OC1(C)C. The first kappa shape index (κ1) is 29.3. The average molecular weight is 600 g/mol. The molecule has 1 aliphatic heterocycles. The zero-order valence-electron chi connectivity index (χ0n) is 23.3. The number of anilines is 1. The fourth-order valence-corrected chi connectivity index (χ4v) is 5.38. The maximum Gasteiger partial charge on any atom is 0.364 e. The molecule has 1 aliphatic rings. The number of nitrogens with zero attached hydrogens (tertiary/aromatic N) is 1. The number of carbonyl (C=O) groups is 2. The summed E-state index contributed by atoms with van der Waals surface area (Å²) >= 11 is 1.20. The molecule has 0 aliphatic carbocycles. The number of nitrogens with one attached hydrogen (secondary N) is 2. The summed E-state index contributed by atoms with van der Waals surface area (Å²) in [5, 5.41) is 26.0. The van der Waals surface area contributed by atoms with Gasteiger partial charge in [0.15, 0.2) is 23.6 Å². The number of hydrogen-bond donors (Lipinski definition) is 4. The molecular formula is C28H29N3O10S. The Bertz CT molecular complexity index is 1690. The number of carbonyl (C=O) groups excluding carboxylic acids is 2. The van der Waals surface area contributed by atoms with Gasteiger partial charge in [-0.15, -0.1) is 11.3 Å². The van der Waals surface area contributed by atoms with Crippen LogP contribution in [0.3, 0.4) is 0 Å². The highest BCUT2D eigenvalue weighted by Gasteiger charge is 2.53. The minimum atomic E-state index is -1.48. The van der Waals surface area contributed by atoms with Gasteiger partial charge in [0.2, 0.25) is 6.29 Å². The number of amides is 1. The number of benzene rings is 1. The Hall–Kier alpha value is -4.24. The molecule has 14 heteroatoms. The number of hydrogen-bond acceptors (Lipinski definition) is 12. The molecule has 3 aromatic heterocycles. The van der Waals surface area contributed by atoms with Gasteiger partial charge in [0.25, 0.3) is 5.91 Å². The van der Waals surface area contributed by atoms with E-state index in [4.69, 9.17) is 23.4 Å². The van der Waals surface area contributed by atoms with Gasteiger partial charge in [0.1, 0.15) is 28.8 Å². The maximum absolute atomic E-state index is 12.8. The van der Waals surface area contributed by atoms with E-state index in [0.29, 0.717) is 5.56 Å². The van der Waals surface area contributed by atoms with Crippen molar-refractivity contribution in [3.05, 3.63) is 68.2 Å². The lowest BCUT2D eigenvalue weighted by Gasteiger charge is -2.47. The van der Waals surface area contributed by atoms with Crippen molar-refractivity contribution >= 4 is 39.9 Å². The second kappa shape index (κ2) is 11.2. The van der Waals surface area contributed by atoms with Crippen LogP contribution in [0, 0.1) is 13.8 Å². The van der Waals surface area contributed by atoms with Crippen molar-refractivity contribution in [2.45, 2.75) is 57.9 Å². The van der Waals surface area contributed by atoms with E-state index in [9.17, 15) is 24.6 Å². The van der Waals surface area contributed by atoms with Gasteiger partial charge < -0.3 is 43.9 Å². The summed E-state index contributed by atoms with van der Waals surface area (Å²) in [7, 11) is 1.42. The molecule has 1 fully saturated rings. The number of aromatic amines is 1. The summed E-state index contributed by atoms with van der Waals surface area (Å²) in [6.07, 6.45) is -4.84. The van der Waals surface area contributed by atoms with E-state index in [2.05, 4.69) is 15.3 Å². The van der Waals surface area contributed by atoms with E-state index in [1.165, 1.54) is 41.5 Å². The number of rotatable bonds is 7. The minimum absolute atomic E-state index is 0.00826. The van der Waals surface area contributed by atoms with Gasteiger partial charge >= 0.3 is 11.6 Å². The van der Waals surface area contributed by atoms with Gasteiger partial charge in [0.05, 0.1) is 16.5 Å². The molecule has 1 amide bonds. The number of thiazole rings is 1. The summed E-state index contributed by atoms with van der Waals surface area (Å²) in [6.45, 7) is 6.78. The molecule has 4 aromatic rings. The average Bonchev–Trinajstić information content (AvgIpc) is 3.63. The van der Waals surface area contributed by atoms with E-state index in [-0.39, 0.29) is 28.1 Å². The summed E-state index contributed by atoms with van der Waals surface area (Å²) < 4.78 is 28.8. The number of aliphatic hydroxyl groups excluding tert-OH is 1. The smallest absolute Gasteiger partial charge is 0.364 e. The normalized spacial score (nSPS) is 21.7. The summed E-state index contributed by atoms with van der Waals surface area (Å²) in [5.74, 6) is -1.71. The number of aryl methyl sites for hydroxylation is 2. The largest absolute Gasteiger partial charge is 0.505 e. The third-order valence-corrected chi connectivity index (χ3v) is 7.55. The second-order valence-corrected chi connectivity index (χ2v) is 11.0. The molecule has 222 valence electrons.